The zero-order valence-corrected chi connectivity index (χ0v) is 17.7. The number of ether oxygens (including phenoxy) is 1. The topological polar surface area (TPSA) is 79.0 Å². The molecule has 0 aliphatic carbocycles. The van der Waals surface area contributed by atoms with Gasteiger partial charge in [-0.1, -0.05) is 27.7 Å². The van der Waals surface area contributed by atoms with E-state index >= 15 is 0 Å². The lowest BCUT2D eigenvalue weighted by atomic mass is 10.1. The van der Waals surface area contributed by atoms with Gasteiger partial charge in [-0.25, -0.2) is 4.79 Å². The van der Waals surface area contributed by atoms with E-state index in [2.05, 4.69) is 37.9 Å². The first kappa shape index (κ1) is 21.1. The molecule has 7 heteroatoms. The van der Waals surface area contributed by atoms with Crippen molar-refractivity contribution in [2.24, 2.45) is 11.8 Å². The minimum atomic E-state index is -0.562. The summed E-state index contributed by atoms with van der Waals surface area (Å²) in [7, 11) is 0. The van der Waals surface area contributed by atoms with Crippen molar-refractivity contribution < 1.29 is 19.1 Å². The summed E-state index contributed by atoms with van der Waals surface area (Å²) in [4.78, 5) is 41.1. The van der Waals surface area contributed by atoms with Gasteiger partial charge in [0.05, 0.1) is 16.9 Å². The average Bonchev–Trinajstić information content (AvgIpc) is 3.15. The maximum atomic E-state index is 12.5. The number of carbonyl (C=O) groups is 3. The summed E-state index contributed by atoms with van der Waals surface area (Å²) in [5, 5.41) is 2.89. The van der Waals surface area contributed by atoms with Crippen LogP contribution in [0.2, 0.25) is 0 Å². The number of hydrogen-bond acceptors (Lipinski definition) is 5. The number of nitrogens with one attached hydrogen (secondary N) is 1. The van der Waals surface area contributed by atoms with Gasteiger partial charge in [0, 0.05) is 19.6 Å². The van der Waals surface area contributed by atoms with Gasteiger partial charge in [0.15, 0.2) is 6.61 Å². The molecule has 0 spiro atoms. The third-order valence-corrected chi connectivity index (χ3v) is 5.21. The fraction of sp³-hybridized carbons (Fsp3) is 0.591. The monoisotopic (exact) mass is 401 g/mol. The van der Waals surface area contributed by atoms with Crippen LogP contribution in [0.25, 0.3) is 0 Å². The molecule has 0 radical (unpaired) electrons. The molecule has 158 valence electrons. The first-order valence-electron chi connectivity index (χ1n) is 10.4. The molecular weight excluding hydrogens is 370 g/mol. The zero-order valence-electron chi connectivity index (χ0n) is 17.7. The largest absolute Gasteiger partial charge is 0.452 e. The van der Waals surface area contributed by atoms with E-state index in [9.17, 15) is 14.4 Å². The van der Waals surface area contributed by atoms with Crippen LogP contribution < -0.4 is 10.2 Å². The quantitative estimate of drug-likeness (QED) is 0.711. The molecule has 2 aliphatic heterocycles. The molecule has 1 aromatic rings. The van der Waals surface area contributed by atoms with E-state index in [1.807, 2.05) is 6.07 Å². The van der Waals surface area contributed by atoms with Crippen LogP contribution >= 0.6 is 0 Å². The Morgan fingerprint density at radius 3 is 2.55 bits per heavy atom. The Morgan fingerprint density at radius 2 is 1.90 bits per heavy atom. The molecule has 2 heterocycles. The highest BCUT2D eigenvalue weighted by atomic mass is 16.5. The second-order valence-electron chi connectivity index (χ2n) is 8.74. The normalized spacial score (nSPS) is 17.8. The van der Waals surface area contributed by atoms with E-state index in [4.69, 9.17) is 4.74 Å². The van der Waals surface area contributed by atoms with Crippen molar-refractivity contribution in [1.82, 2.24) is 4.90 Å². The van der Waals surface area contributed by atoms with E-state index in [-0.39, 0.29) is 24.5 Å². The molecule has 1 fully saturated rings. The first-order chi connectivity index (χ1) is 13.8. The summed E-state index contributed by atoms with van der Waals surface area (Å²) in [5.74, 6) is -0.104. The van der Waals surface area contributed by atoms with Gasteiger partial charge in [0.25, 0.3) is 5.91 Å². The minimum absolute atomic E-state index is 0.0336. The molecule has 0 saturated carbocycles. The summed E-state index contributed by atoms with van der Waals surface area (Å²) in [6.07, 6.45) is 1.83. The number of amides is 2. The second kappa shape index (κ2) is 8.84. The summed E-state index contributed by atoms with van der Waals surface area (Å²) < 4.78 is 5.28. The lowest BCUT2D eigenvalue weighted by Gasteiger charge is -2.33. The molecule has 0 bridgehead atoms. The van der Waals surface area contributed by atoms with E-state index in [0.29, 0.717) is 36.2 Å². The smallest absolute Gasteiger partial charge is 0.338 e. The van der Waals surface area contributed by atoms with Crippen LogP contribution in [0.4, 0.5) is 11.4 Å². The third-order valence-electron chi connectivity index (χ3n) is 5.21. The van der Waals surface area contributed by atoms with Gasteiger partial charge >= 0.3 is 5.97 Å². The van der Waals surface area contributed by atoms with Gasteiger partial charge < -0.3 is 19.9 Å². The molecule has 29 heavy (non-hydrogen) atoms. The van der Waals surface area contributed by atoms with E-state index in [1.165, 1.54) is 0 Å². The third kappa shape index (κ3) is 4.89. The van der Waals surface area contributed by atoms with Crippen LogP contribution in [0.15, 0.2) is 18.2 Å². The Morgan fingerprint density at radius 1 is 1.21 bits per heavy atom. The number of esters is 1. The Kier molecular flexibility index (Phi) is 6.45. The number of carbonyl (C=O) groups excluding carboxylic acids is 3. The Labute approximate surface area is 172 Å². The van der Waals surface area contributed by atoms with Crippen molar-refractivity contribution in [1.29, 1.82) is 0 Å². The Bertz CT molecular complexity index is 780. The number of anilines is 2. The van der Waals surface area contributed by atoms with Crippen molar-refractivity contribution in [2.75, 3.05) is 36.5 Å². The van der Waals surface area contributed by atoms with E-state index in [0.717, 1.165) is 25.1 Å². The molecule has 0 aromatic heterocycles. The maximum Gasteiger partial charge on any atom is 0.338 e. The number of benzene rings is 1. The average molecular weight is 402 g/mol. The molecule has 1 saturated heterocycles. The highest BCUT2D eigenvalue weighted by molar-refractivity contribution is 6.05. The molecular formula is C22H31N3O4. The van der Waals surface area contributed by atoms with Gasteiger partial charge in [-0.05, 0) is 42.9 Å². The Hall–Kier alpha value is -2.57. The lowest BCUT2D eigenvalue weighted by molar-refractivity contribution is -0.135. The summed E-state index contributed by atoms with van der Waals surface area (Å²) in [5.41, 5.74) is 1.88. The van der Waals surface area contributed by atoms with Gasteiger partial charge in [-0.2, -0.15) is 0 Å². The molecule has 2 aliphatic rings. The highest BCUT2D eigenvalue weighted by Crippen LogP contribution is 2.37. The molecule has 1 atom stereocenters. The number of hydrogen-bond donors (Lipinski definition) is 1. The maximum absolute atomic E-state index is 12.5. The molecule has 7 nitrogen and oxygen atoms in total. The lowest BCUT2D eigenvalue weighted by Crippen LogP contribution is -2.44. The predicted octanol–water partition coefficient (Wildman–Crippen LogP) is 2.90. The highest BCUT2D eigenvalue weighted by Gasteiger charge is 2.36. The minimum Gasteiger partial charge on any atom is -0.452 e. The van der Waals surface area contributed by atoms with Crippen molar-refractivity contribution in [3.63, 3.8) is 0 Å². The number of nitrogens with zero attached hydrogens (tertiary/aromatic N) is 2. The van der Waals surface area contributed by atoms with Crippen LogP contribution in [-0.2, 0) is 14.3 Å². The van der Waals surface area contributed by atoms with Gasteiger partial charge in [-0.15, -0.1) is 0 Å². The first-order valence-corrected chi connectivity index (χ1v) is 10.4. The van der Waals surface area contributed by atoms with Crippen LogP contribution in [0.3, 0.4) is 0 Å². The summed E-state index contributed by atoms with van der Waals surface area (Å²) in [6, 6.07) is 5.05. The predicted molar refractivity (Wildman–Crippen MR) is 112 cm³/mol. The summed E-state index contributed by atoms with van der Waals surface area (Å²) >= 11 is 0. The van der Waals surface area contributed by atoms with Crippen molar-refractivity contribution in [2.45, 2.75) is 46.6 Å². The van der Waals surface area contributed by atoms with Gasteiger partial charge in [-0.3, -0.25) is 9.59 Å². The molecule has 0 unspecified atom stereocenters. The van der Waals surface area contributed by atoms with Crippen LogP contribution in [-0.4, -0.2) is 55.0 Å². The molecule has 1 N–H and O–H groups in total. The van der Waals surface area contributed by atoms with E-state index < -0.39 is 5.97 Å². The number of fused-ring (bicyclic) bond motifs is 3. The zero-order chi connectivity index (χ0) is 21.1. The van der Waals surface area contributed by atoms with Crippen LogP contribution in [0.5, 0.6) is 0 Å². The fourth-order valence-electron chi connectivity index (χ4n) is 4.02. The van der Waals surface area contributed by atoms with E-state index in [1.54, 1.807) is 17.0 Å². The molecule has 3 rings (SSSR count). The molecule has 1 aromatic carbocycles. The van der Waals surface area contributed by atoms with Gasteiger partial charge in [0.2, 0.25) is 5.91 Å². The summed E-state index contributed by atoms with van der Waals surface area (Å²) in [6.45, 7) is 10.0. The van der Waals surface area contributed by atoms with Gasteiger partial charge in [0.1, 0.15) is 6.04 Å². The second-order valence-corrected chi connectivity index (χ2v) is 8.74. The Balaban J connectivity index is 1.64. The van der Waals surface area contributed by atoms with Crippen molar-refractivity contribution in [3.8, 4) is 0 Å². The van der Waals surface area contributed by atoms with Crippen LogP contribution in [0.1, 0.15) is 50.9 Å². The van der Waals surface area contributed by atoms with Crippen LogP contribution in [0, 0.1) is 11.8 Å². The standard InChI is InChI=1S/C22H31N3O4/c1-14(2)11-24(12-15(3)4)20(26)13-29-22(28)16-7-8-18-17(10-16)23-21(27)19-6-5-9-25(18)19/h7-8,10,14-15,19H,5-6,9,11-13H2,1-4H3,(H,23,27)/t19-/m1/s1. The number of rotatable bonds is 7. The van der Waals surface area contributed by atoms with Crippen molar-refractivity contribution >= 4 is 29.2 Å². The fourth-order valence-corrected chi connectivity index (χ4v) is 4.02. The van der Waals surface area contributed by atoms with Crippen molar-refractivity contribution in [3.05, 3.63) is 23.8 Å². The molecule has 2 amide bonds. The SMILES string of the molecule is CC(C)CN(CC(C)C)C(=O)COC(=O)c1ccc2c(c1)NC(=O)[C@H]1CCCN21.